The highest BCUT2D eigenvalue weighted by Crippen LogP contribution is 2.29. The lowest BCUT2D eigenvalue weighted by Crippen LogP contribution is -2.55. The van der Waals surface area contributed by atoms with Gasteiger partial charge in [-0.2, -0.15) is 5.26 Å². The van der Waals surface area contributed by atoms with Crippen molar-refractivity contribution in [3.8, 4) is 6.07 Å². The van der Waals surface area contributed by atoms with E-state index in [1.165, 1.54) is 17.0 Å². The number of carbonyl (C=O) groups excluding carboxylic acids is 2. The van der Waals surface area contributed by atoms with E-state index in [2.05, 4.69) is 22.0 Å². The first-order chi connectivity index (χ1) is 17.2. The van der Waals surface area contributed by atoms with Crippen LogP contribution in [0.2, 0.25) is 0 Å². The molecule has 0 radical (unpaired) electrons. The molecule has 37 heavy (non-hydrogen) atoms. The van der Waals surface area contributed by atoms with Crippen molar-refractivity contribution < 1.29 is 23.1 Å². The molecule has 1 N–H and O–H groups in total. The van der Waals surface area contributed by atoms with Crippen LogP contribution in [0, 0.1) is 23.0 Å². The van der Waals surface area contributed by atoms with Gasteiger partial charge in [-0.05, 0) is 72.2 Å². The minimum absolute atomic E-state index is 0.0677. The zero-order valence-corrected chi connectivity index (χ0v) is 23.1. The van der Waals surface area contributed by atoms with Gasteiger partial charge >= 0.3 is 6.09 Å². The van der Waals surface area contributed by atoms with Gasteiger partial charge in [0.25, 0.3) is 0 Å². The van der Waals surface area contributed by atoms with Crippen molar-refractivity contribution in [2.24, 2.45) is 0 Å². The maximum Gasteiger partial charge on any atom is 0.408 e. The summed E-state index contributed by atoms with van der Waals surface area (Å²) in [5, 5.41) is 11.9. The average molecular weight is 522 g/mol. The zero-order valence-electron chi connectivity index (χ0n) is 23.1. The molecule has 0 aliphatic carbocycles. The summed E-state index contributed by atoms with van der Waals surface area (Å²) in [5.74, 6) is -1.55. The molecule has 8 nitrogen and oxygen atoms in total. The molecule has 2 unspecified atom stereocenters. The molecule has 0 aromatic heterocycles. The normalized spacial score (nSPS) is 19.8. The number of nitrogens with one attached hydrogen (secondary N) is 1. The van der Waals surface area contributed by atoms with Crippen molar-refractivity contribution in [2.45, 2.75) is 84.2 Å². The number of nitriles is 1. The molecule has 0 spiro atoms. The van der Waals surface area contributed by atoms with Crippen LogP contribution in [0.3, 0.4) is 0 Å². The lowest BCUT2D eigenvalue weighted by atomic mass is 10.0. The zero-order chi connectivity index (χ0) is 27.9. The van der Waals surface area contributed by atoms with Gasteiger partial charge in [-0.15, -0.1) is 0 Å². The standard InChI is InChI=1S/C27H41F2N5O3/c1-8-10-33(11-9-30)25(35)24(31-26(36)37-27(4,5)6)17-34-16-23(12-18(34)2)32(7)19(3)20-13-21(28)15-22(29)14-20/h13-15,18-19,23-24H,8,10-12,16-17H2,1-7H3,(H,31,36)/t18-,19?,23?,24-/m0/s1. The summed E-state index contributed by atoms with van der Waals surface area (Å²) in [4.78, 5) is 31.6. The molecule has 1 saturated heterocycles. The number of alkyl carbamates (subject to hydrolysis) is 1. The number of benzene rings is 1. The molecule has 1 fully saturated rings. The Balaban J connectivity index is 2.18. The minimum Gasteiger partial charge on any atom is -0.444 e. The molecular formula is C27H41F2N5O3. The third kappa shape index (κ3) is 8.93. The molecule has 1 heterocycles. The molecular weight excluding hydrogens is 480 g/mol. The van der Waals surface area contributed by atoms with E-state index in [-0.39, 0.29) is 37.1 Å². The van der Waals surface area contributed by atoms with Crippen molar-refractivity contribution in [1.82, 2.24) is 20.0 Å². The van der Waals surface area contributed by atoms with Crippen LogP contribution < -0.4 is 5.32 Å². The fraction of sp³-hybridized carbons (Fsp3) is 0.667. The van der Waals surface area contributed by atoms with Gasteiger partial charge in [0, 0.05) is 43.8 Å². The van der Waals surface area contributed by atoms with Crippen LogP contribution in [0.15, 0.2) is 18.2 Å². The highest BCUT2D eigenvalue weighted by atomic mass is 19.1. The van der Waals surface area contributed by atoms with Gasteiger partial charge in [0.1, 0.15) is 29.8 Å². The van der Waals surface area contributed by atoms with E-state index in [4.69, 9.17) is 4.74 Å². The predicted octanol–water partition coefficient (Wildman–Crippen LogP) is 4.08. The highest BCUT2D eigenvalue weighted by Gasteiger charge is 2.37. The Morgan fingerprint density at radius 3 is 2.43 bits per heavy atom. The molecule has 10 heteroatoms. The van der Waals surface area contributed by atoms with Gasteiger partial charge < -0.3 is 15.0 Å². The quantitative estimate of drug-likeness (QED) is 0.467. The van der Waals surface area contributed by atoms with E-state index < -0.39 is 29.4 Å². The predicted molar refractivity (Wildman–Crippen MR) is 138 cm³/mol. The molecule has 0 bridgehead atoms. The van der Waals surface area contributed by atoms with Crippen molar-refractivity contribution in [1.29, 1.82) is 5.26 Å². The maximum absolute atomic E-state index is 13.8. The van der Waals surface area contributed by atoms with Gasteiger partial charge in [-0.1, -0.05) is 6.92 Å². The molecule has 1 aromatic carbocycles. The smallest absolute Gasteiger partial charge is 0.408 e. The topological polar surface area (TPSA) is 88.9 Å². The fourth-order valence-electron chi connectivity index (χ4n) is 4.70. The van der Waals surface area contributed by atoms with Crippen LogP contribution in [0.4, 0.5) is 13.6 Å². The summed E-state index contributed by atoms with van der Waals surface area (Å²) < 4.78 is 33.0. The number of likely N-dealkylation sites (tertiary alicyclic amines) is 1. The van der Waals surface area contributed by atoms with Gasteiger partial charge in [-0.25, -0.2) is 13.6 Å². The number of hydrogen-bond donors (Lipinski definition) is 1. The second-order valence-corrected chi connectivity index (χ2v) is 10.9. The summed E-state index contributed by atoms with van der Waals surface area (Å²) in [7, 11) is 1.92. The van der Waals surface area contributed by atoms with Crippen LogP contribution in [0.25, 0.3) is 0 Å². The van der Waals surface area contributed by atoms with Crippen LogP contribution in [0.1, 0.15) is 66.0 Å². The number of hydrogen-bond acceptors (Lipinski definition) is 6. The average Bonchev–Trinajstić information content (AvgIpc) is 3.15. The Hall–Kier alpha value is -2.77. The summed E-state index contributed by atoms with van der Waals surface area (Å²) in [6, 6.07) is 4.62. The van der Waals surface area contributed by atoms with Gasteiger partial charge in [0.05, 0.1) is 6.07 Å². The first-order valence-corrected chi connectivity index (χ1v) is 12.8. The van der Waals surface area contributed by atoms with Crippen LogP contribution >= 0.6 is 0 Å². The molecule has 1 aliphatic rings. The van der Waals surface area contributed by atoms with Crippen LogP contribution in [0.5, 0.6) is 0 Å². The molecule has 4 atom stereocenters. The highest BCUT2D eigenvalue weighted by molar-refractivity contribution is 5.86. The van der Waals surface area contributed by atoms with Crippen LogP contribution in [-0.4, -0.2) is 83.7 Å². The number of likely N-dealkylation sites (N-methyl/N-ethyl adjacent to an activating group) is 1. The summed E-state index contributed by atoms with van der Waals surface area (Å²) in [6.07, 6.45) is 0.766. The van der Waals surface area contributed by atoms with Crippen molar-refractivity contribution >= 4 is 12.0 Å². The second kappa shape index (κ2) is 13.2. The van der Waals surface area contributed by atoms with E-state index in [0.29, 0.717) is 25.1 Å². The Morgan fingerprint density at radius 1 is 1.27 bits per heavy atom. The number of halogens is 2. The Bertz CT molecular complexity index is 958. The number of carbonyl (C=O) groups is 2. The van der Waals surface area contributed by atoms with Crippen molar-refractivity contribution in [2.75, 3.05) is 33.2 Å². The number of ether oxygens (including phenoxy) is 1. The van der Waals surface area contributed by atoms with Gasteiger partial charge in [0.15, 0.2) is 0 Å². The third-order valence-electron chi connectivity index (χ3n) is 6.71. The number of rotatable bonds is 10. The maximum atomic E-state index is 13.8. The molecule has 206 valence electrons. The lowest BCUT2D eigenvalue weighted by molar-refractivity contribution is -0.133. The third-order valence-corrected chi connectivity index (χ3v) is 6.71. The Labute approximate surface area is 219 Å². The molecule has 2 rings (SSSR count). The summed E-state index contributed by atoms with van der Waals surface area (Å²) in [6.45, 7) is 12.3. The number of amides is 2. The van der Waals surface area contributed by atoms with Gasteiger partial charge in [-0.3, -0.25) is 14.6 Å². The summed E-state index contributed by atoms with van der Waals surface area (Å²) in [5.41, 5.74) is -0.174. The number of nitrogens with zero attached hydrogens (tertiary/aromatic N) is 4. The summed E-state index contributed by atoms with van der Waals surface area (Å²) >= 11 is 0. The van der Waals surface area contributed by atoms with Gasteiger partial charge in [0.2, 0.25) is 5.91 Å². The SMILES string of the molecule is CCCN(CC#N)C(=O)[C@H](CN1CC(N(C)C(C)c2cc(F)cc(F)c2)C[C@@H]1C)NC(=O)OC(C)(C)C. The van der Waals surface area contributed by atoms with E-state index in [0.717, 1.165) is 12.5 Å². The first kappa shape index (κ1) is 30.5. The lowest BCUT2D eigenvalue weighted by Gasteiger charge is -2.32. The first-order valence-electron chi connectivity index (χ1n) is 12.8. The Kier molecular flexibility index (Phi) is 10.8. The molecule has 0 saturated carbocycles. The van der Waals surface area contributed by atoms with Crippen molar-refractivity contribution in [3.05, 3.63) is 35.4 Å². The van der Waals surface area contributed by atoms with E-state index >= 15 is 0 Å². The largest absolute Gasteiger partial charge is 0.444 e. The molecule has 1 aliphatic heterocycles. The van der Waals surface area contributed by atoms with Crippen LogP contribution in [-0.2, 0) is 9.53 Å². The van der Waals surface area contributed by atoms with E-state index in [1.54, 1.807) is 20.8 Å². The van der Waals surface area contributed by atoms with Crippen molar-refractivity contribution in [3.63, 3.8) is 0 Å². The fourth-order valence-corrected chi connectivity index (χ4v) is 4.70. The molecule has 2 amide bonds. The van der Waals surface area contributed by atoms with E-state index in [1.807, 2.05) is 27.0 Å². The molecule has 1 aromatic rings. The second-order valence-electron chi connectivity index (χ2n) is 10.9. The van der Waals surface area contributed by atoms with E-state index in [9.17, 15) is 23.6 Å². The Morgan fingerprint density at radius 2 is 1.89 bits per heavy atom. The monoisotopic (exact) mass is 521 g/mol. The minimum atomic E-state index is -0.893.